The highest BCUT2D eigenvalue weighted by molar-refractivity contribution is 7.99. The van der Waals surface area contributed by atoms with Gasteiger partial charge in [0.05, 0.1) is 30.0 Å². The van der Waals surface area contributed by atoms with Crippen molar-refractivity contribution >= 4 is 34.9 Å². The van der Waals surface area contributed by atoms with Crippen LogP contribution in [0.2, 0.25) is 0 Å². The van der Waals surface area contributed by atoms with Gasteiger partial charge >= 0.3 is 12.1 Å². The third-order valence-electron chi connectivity index (χ3n) is 3.06. The van der Waals surface area contributed by atoms with Crippen molar-refractivity contribution in [3.05, 3.63) is 24.3 Å². The van der Waals surface area contributed by atoms with Gasteiger partial charge < -0.3 is 9.47 Å². The molecule has 0 radical (unpaired) electrons. The lowest BCUT2D eigenvalue weighted by atomic mass is 10.3. The number of carbonyl (C=O) groups excluding carboxylic acids is 2. The van der Waals surface area contributed by atoms with Crippen molar-refractivity contribution in [2.24, 2.45) is 0 Å². The third-order valence-corrected chi connectivity index (χ3v) is 3.97. The van der Waals surface area contributed by atoms with E-state index in [1.165, 1.54) is 4.57 Å². The smallest absolute Gasteiger partial charge is 0.420 e. The SMILES string of the molecule is CCCCOC(=O)n1c(SCC(=O)OCC)nc2ccccc21. The molecule has 0 bridgehead atoms. The number of imidazole rings is 1. The molecule has 1 aromatic heterocycles. The van der Waals surface area contributed by atoms with Crippen molar-refractivity contribution in [1.82, 2.24) is 9.55 Å². The van der Waals surface area contributed by atoms with Crippen molar-refractivity contribution in [1.29, 1.82) is 0 Å². The summed E-state index contributed by atoms with van der Waals surface area (Å²) >= 11 is 1.16. The monoisotopic (exact) mass is 336 g/mol. The maximum absolute atomic E-state index is 12.4. The van der Waals surface area contributed by atoms with E-state index in [1.54, 1.807) is 13.0 Å². The summed E-state index contributed by atoms with van der Waals surface area (Å²) in [6.07, 6.45) is 1.28. The zero-order valence-electron chi connectivity index (χ0n) is 13.3. The first-order valence-corrected chi connectivity index (χ1v) is 8.59. The number of hydrogen-bond donors (Lipinski definition) is 0. The summed E-state index contributed by atoms with van der Waals surface area (Å²) in [6, 6.07) is 7.30. The molecule has 1 aromatic carbocycles. The molecule has 0 unspecified atom stereocenters. The number of aromatic nitrogens is 2. The zero-order valence-corrected chi connectivity index (χ0v) is 14.1. The fraction of sp³-hybridized carbons (Fsp3) is 0.438. The largest absolute Gasteiger partial charge is 0.465 e. The lowest BCUT2D eigenvalue weighted by Gasteiger charge is -2.08. The molecule has 7 heteroatoms. The Kier molecular flexibility index (Phi) is 6.46. The van der Waals surface area contributed by atoms with E-state index < -0.39 is 6.09 Å². The maximum Gasteiger partial charge on any atom is 0.420 e. The molecule has 2 rings (SSSR count). The topological polar surface area (TPSA) is 70.4 Å². The molecule has 0 atom stereocenters. The highest BCUT2D eigenvalue weighted by Gasteiger charge is 2.19. The molecule has 0 saturated carbocycles. The summed E-state index contributed by atoms with van der Waals surface area (Å²) in [5.74, 6) is -0.241. The van der Waals surface area contributed by atoms with Crippen LogP contribution in [0.25, 0.3) is 11.0 Å². The minimum Gasteiger partial charge on any atom is -0.465 e. The van der Waals surface area contributed by atoms with E-state index in [-0.39, 0.29) is 11.7 Å². The van der Waals surface area contributed by atoms with Crippen LogP contribution in [0.1, 0.15) is 26.7 Å². The van der Waals surface area contributed by atoms with E-state index in [0.29, 0.717) is 29.4 Å². The highest BCUT2D eigenvalue weighted by atomic mass is 32.2. The number of thioether (sulfide) groups is 1. The van der Waals surface area contributed by atoms with Crippen LogP contribution in [-0.2, 0) is 14.3 Å². The summed E-state index contributed by atoms with van der Waals surface area (Å²) in [5.41, 5.74) is 1.35. The average molecular weight is 336 g/mol. The van der Waals surface area contributed by atoms with Gasteiger partial charge in [0, 0.05) is 0 Å². The molecular formula is C16H20N2O4S. The van der Waals surface area contributed by atoms with E-state index >= 15 is 0 Å². The molecule has 0 spiro atoms. The Hall–Kier alpha value is -2.02. The normalized spacial score (nSPS) is 10.7. The van der Waals surface area contributed by atoms with Gasteiger partial charge in [-0.3, -0.25) is 4.79 Å². The number of para-hydroxylation sites is 2. The molecule has 23 heavy (non-hydrogen) atoms. The van der Waals surface area contributed by atoms with Crippen LogP contribution in [0, 0.1) is 0 Å². The Morgan fingerprint density at radius 2 is 2.00 bits per heavy atom. The molecule has 0 aliphatic rings. The maximum atomic E-state index is 12.4. The summed E-state index contributed by atoms with van der Waals surface area (Å²) < 4.78 is 11.6. The van der Waals surface area contributed by atoms with Gasteiger partial charge in [-0.1, -0.05) is 37.2 Å². The predicted molar refractivity (Wildman–Crippen MR) is 88.7 cm³/mol. The fourth-order valence-electron chi connectivity index (χ4n) is 1.97. The molecule has 0 amide bonds. The Morgan fingerprint density at radius 3 is 2.74 bits per heavy atom. The second kappa shape index (κ2) is 8.57. The van der Waals surface area contributed by atoms with Crippen LogP contribution in [-0.4, -0.2) is 40.6 Å². The van der Waals surface area contributed by atoms with E-state index in [4.69, 9.17) is 9.47 Å². The molecule has 0 aliphatic carbocycles. The van der Waals surface area contributed by atoms with Gasteiger partial charge in [0.2, 0.25) is 0 Å². The first-order chi connectivity index (χ1) is 11.2. The van der Waals surface area contributed by atoms with E-state index in [2.05, 4.69) is 4.98 Å². The number of unbranched alkanes of at least 4 members (excludes halogenated alkanes) is 1. The van der Waals surface area contributed by atoms with Gasteiger partial charge in [0.1, 0.15) is 0 Å². The quantitative estimate of drug-likeness (QED) is 0.438. The summed E-state index contributed by atoms with van der Waals surface area (Å²) in [7, 11) is 0. The standard InChI is InChI=1S/C16H20N2O4S/c1-3-5-10-22-16(20)18-13-9-7-6-8-12(13)17-15(18)23-11-14(19)21-4-2/h6-9H,3-5,10-11H2,1-2H3. The van der Waals surface area contributed by atoms with Crippen LogP contribution in [0.3, 0.4) is 0 Å². The zero-order chi connectivity index (χ0) is 16.7. The lowest BCUT2D eigenvalue weighted by molar-refractivity contribution is -0.139. The van der Waals surface area contributed by atoms with Crippen molar-refractivity contribution in [3.63, 3.8) is 0 Å². The summed E-state index contributed by atoms with van der Waals surface area (Å²) in [5, 5.41) is 0.431. The Labute approximate surface area is 139 Å². The first kappa shape index (κ1) is 17.3. The number of fused-ring (bicyclic) bond motifs is 1. The Morgan fingerprint density at radius 1 is 1.22 bits per heavy atom. The van der Waals surface area contributed by atoms with Crippen LogP contribution >= 0.6 is 11.8 Å². The Balaban J connectivity index is 2.22. The second-order valence-corrected chi connectivity index (χ2v) is 5.72. The number of ether oxygens (including phenoxy) is 2. The van der Waals surface area contributed by atoms with E-state index in [0.717, 1.165) is 24.6 Å². The van der Waals surface area contributed by atoms with Crippen molar-refractivity contribution in [3.8, 4) is 0 Å². The van der Waals surface area contributed by atoms with Gasteiger partial charge in [-0.15, -0.1) is 0 Å². The Bertz CT molecular complexity index is 684. The van der Waals surface area contributed by atoms with Gasteiger partial charge in [-0.25, -0.2) is 14.3 Å². The number of nitrogens with zero attached hydrogens (tertiary/aromatic N) is 2. The number of carbonyl (C=O) groups is 2. The molecule has 0 N–H and O–H groups in total. The molecule has 0 saturated heterocycles. The molecule has 124 valence electrons. The van der Waals surface area contributed by atoms with Gasteiger partial charge in [0.15, 0.2) is 5.16 Å². The van der Waals surface area contributed by atoms with E-state index in [1.807, 2.05) is 25.1 Å². The lowest BCUT2D eigenvalue weighted by Crippen LogP contribution is -2.16. The number of rotatable bonds is 7. The third kappa shape index (κ3) is 4.48. The van der Waals surface area contributed by atoms with Crippen molar-refractivity contribution in [2.45, 2.75) is 31.8 Å². The predicted octanol–water partition coefficient (Wildman–Crippen LogP) is 3.48. The van der Waals surface area contributed by atoms with E-state index in [9.17, 15) is 9.59 Å². The van der Waals surface area contributed by atoms with Crippen LogP contribution in [0.4, 0.5) is 4.79 Å². The minimum absolute atomic E-state index is 0.0966. The minimum atomic E-state index is -0.474. The average Bonchev–Trinajstić information content (AvgIpc) is 2.92. The molecule has 0 fully saturated rings. The second-order valence-electron chi connectivity index (χ2n) is 4.78. The van der Waals surface area contributed by atoms with Crippen LogP contribution < -0.4 is 0 Å². The van der Waals surface area contributed by atoms with Crippen molar-refractivity contribution < 1.29 is 19.1 Å². The van der Waals surface area contributed by atoms with Crippen molar-refractivity contribution in [2.75, 3.05) is 19.0 Å². The molecule has 6 nitrogen and oxygen atoms in total. The molecular weight excluding hydrogens is 316 g/mol. The number of esters is 1. The van der Waals surface area contributed by atoms with Crippen LogP contribution in [0.15, 0.2) is 29.4 Å². The highest BCUT2D eigenvalue weighted by Crippen LogP contribution is 2.24. The molecule has 2 aromatic rings. The van der Waals surface area contributed by atoms with Gasteiger partial charge in [-0.05, 0) is 25.5 Å². The van der Waals surface area contributed by atoms with Crippen LogP contribution in [0.5, 0.6) is 0 Å². The fourth-order valence-corrected chi connectivity index (χ4v) is 2.77. The van der Waals surface area contributed by atoms with Gasteiger partial charge in [-0.2, -0.15) is 0 Å². The molecule has 1 heterocycles. The summed E-state index contributed by atoms with van der Waals surface area (Å²) in [6.45, 7) is 4.47. The van der Waals surface area contributed by atoms with Gasteiger partial charge in [0.25, 0.3) is 0 Å². The first-order valence-electron chi connectivity index (χ1n) is 7.60. The molecule has 0 aliphatic heterocycles. The summed E-state index contributed by atoms with van der Waals surface area (Å²) in [4.78, 5) is 28.3. The number of benzene rings is 1. The number of hydrogen-bond acceptors (Lipinski definition) is 6.